The first-order valence-corrected chi connectivity index (χ1v) is 5.99. The molecule has 0 radical (unpaired) electrons. The lowest BCUT2D eigenvalue weighted by atomic mass is 10.0. The number of aliphatic carboxylic acids is 1. The van der Waals surface area contributed by atoms with E-state index in [-0.39, 0.29) is 11.5 Å². The van der Waals surface area contributed by atoms with Crippen LogP contribution in [0.15, 0.2) is 24.3 Å². The summed E-state index contributed by atoms with van der Waals surface area (Å²) in [5.41, 5.74) is 0.0384. The molecule has 0 saturated heterocycles. The molecule has 0 aliphatic rings. The molecule has 1 aromatic rings. The second-order valence-corrected chi connectivity index (χ2v) is 4.61. The van der Waals surface area contributed by atoms with Gasteiger partial charge in [0.25, 0.3) is 5.91 Å². The Hall–Kier alpha value is -2.25. The van der Waals surface area contributed by atoms with E-state index in [9.17, 15) is 22.8 Å². The number of carboxylic acids is 1. The first-order valence-electron chi connectivity index (χ1n) is 5.99. The van der Waals surface area contributed by atoms with Crippen LogP contribution in [-0.4, -0.2) is 29.4 Å². The summed E-state index contributed by atoms with van der Waals surface area (Å²) >= 11 is 0. The Morgan fingerprint density at radius 3 is 2.10 bits per heavy atom. The number of hydrogen-bond acceptors (Lipinski definition) is 3. The average Bonchev–Trinajstić information content (AvgIpc) is 2.33. The van der Waals surface area contributed by atoms with E-state index in [2.05, 4.69) is 10.1 Å². The van der Waals surface area contributed by atoms with E-state index in [4.69, 9.17) is 5.11 Å². The van der Waals surface area contributed by atoms with Crippen LogP contribution in [0.5, 0.6) is 5.75 Å². The van der Waals surface area contributed by atoms with Crippen molar-refractivity contribution in [2.75, 3.05) is 0 Å². The number of hydrogen-bond donors (Lipinski definition) is 2. The maximum absolute atomic E-state index is 12.0. The van der Waals surface area contributed by atoms with Crippen molar-refractivity contribution in [2.24, 2.45) is 5.92 Å². The van der Waals surface area contributed by atoms with Crippen LogP contribution < -0.4 is 10.1 Å². The third-order valence-electron chi connectivity index (χ3n) is 2.57. The van der Waals surface area contributed by atoms with Gasteiger partial charge in [-0.25, -0.2) is 4.79 Å². The third kappa shape index (κ3) is 5.33. The van der Waals surface area contributed by atoms with E-state index in [0.29, 0.717) is 0 Å². The molecule has 1 rings (SSSR count). The lowest BCUT2D eigenvalue weighted by Gasteiger charge is -2.18. The largest absolute Gasteiger partial charge is 0.573 e. The molecular weight excluding hydrogens is 291 g/mol. The molecule has 8 heteroatoms. The highest BCUT2D eigenvalue weighted by molar-refractivity contribution is 5.96. The number of amides is 1. The predicted molar refractivity (Wildman–Crippen MR) is 66.9 cm³/mol. The zero-order valence-electron chi connectivity index (χ0n) is 11.3. The van der Waals surface area contributed by atoms with Crippen molar-refractivity contribution in [3.63, 3.8) is 0 Å². The summed E-state index contributed by atoms with van der Waals surface area (Å²) in [6, 6.07) is 3.12. The van der Waals surface area contributed by atoms with Crippen molar-refractivity contribution >= 4 is 11.9 Å². The van der Waals surface area contributed by atoms with Gasteiger partial charge in [-0.15, -0.1) is 13.2 Å². The molecule has 1 aromatic carbocycles. The van der Waals surface area contributed by atoms with Crippen LogP contribution in [0.2, 0.25) is 0 Å². The van der Waals surface area contributed by atoms with E-state index >= 15 is 0 Å². The number of nitrogens with one attached hydrogen (secondary N) is 1. The lowest BCUT2D eigenvalue weighted by Crippen LogP contribution is -2.44. The first kappa shape index (κ1) is 16.8. The molecule has 0 heterocycles. The fourth-order valence-corrected chi connectivity index (χ4v) is 1.55. The molecule has 0 aliphatic heterocycles. The standard InChI is InChI=1S/C13H14F3NO4/c1-7(2)10(12(19)20)17-11(18)8-3-5-9(6-4-8)21-13(14,15)16/h3-7,10H,1-2H3,(H,17,18)(H,19,20). The minimum Gasteiger partial charge on any atom is -0.480 e. The molecule has 2 N–H and O–H groups in total. The van der Waals surface area contributed by atoms with Crippen molar-refractivity contribution in [1.29, 1.82) is 0 Å². The number of carbonyl (C=O) groups is 2. The van der Waals surface area contributed by atoms with Crippen LogP contribution in [0.1, 0.15) is 24.2 Å². The first-order chi connectivity index (χ1) is 9.60. The van der Waals surface area contributed by atoms with Crippen molar-refractivity contribution < 1.29 is 32.6 Å². The van der Waals surface area contributed by atoms with Gasteiger partial charge in [0.15, 0.2) is 0 Å². The second-order valence-electron chi connectivity index (χ2n) is 4.61. The number of benzene rings is 1. The van der Waals surface area contributed by atoms with Crippen molar-refractivity contribution in [3.8, 4) is 5.75 Å². The van der Waals surface area contributed by atoms with Crippen LogP contribution >= 0.6 is 0 Å². The molecule has 0 aliphatic carbocycles. The Morgan fingerprint density at radius 1 is 1.19 bits per heavy atom. The number of rotatable bonds is 5. The summed E-state index contributed by atoms with van der Waals surface area (Å²) in [5, 5.41) is 11.2. The van der Waals surface area contributed by atoms with E-state index in [1.54, 1.807) is 13.8 Å². The number of alkyl halides is 3. The van der Waals surface area contributed by atoms with Gasteiger partial charge in [0, 0.05) is 5.56 Å². The summed E-state index contributed by atoms with van der Waals surface area (Å²) in [5.74, 6) is -2.66. The van der Waals surface area contributed by atoms with Gasteiger partial charge >= 0.3 is 12.3 Å². The molecule has 0 bridgehead atoms. The third-order valence-corrected chi connectivity index (χ3v) is 2.57. The normalized spacial score (nSPS) is 12.9. The van der Waals surface area contributed by atoms with Crippen LogP contribution in [-0.2, 0) is 4.79 Å². The molecule has 21 heavy (non-hydrogen) atoms. The highest BCUT2D eigenvalue weighted by Gasteiger charge is 2.31. The predicted octanol–water partition coefficient (Wildman–Crippen LogP) is 2.42. The van der Waals surface area contributed by atoms with Gasteiger partial charge in [-0.05, 0) is 30.2 Å². The van der Waals surface area contributed by atoms with E-state index in [1.165, 1.54) is 0 Å². The molecular formula is C13H14F3NO4. The SMILES string of the molecule is CC(C)C(NC(=O)c1ccc(OC(F)(F)F)cc1)C(=O)O. The Morgan fingerprint density at radius 2 is 1.71 bits per heavy atom. The van der Waals surface area contributed by atoms with Crippen LogP contribution in [0.4, 0.5) is 13.2 Å². The van der Waals surface area contributed by atoms with Crippen molar-refractivity contribution in [3.05, 3.63) is 29.8 Å². The van der Waals surface area contributed by atoms with Crippen molar-refractivity contribution in [2.45, 2.75) is 26.3 Å². The number of carboxylic acid groups (broad SMARTS) is 1. The summed E-state index contributed by atoms with van der Waals surface area (Å²) in [4.78, 5) is 22.8. The monoisotopic (exact) mass is 305 g/mol. The molecule has 1 amide bonds. The smallest absolute Gasteiger partial charge is 0.480 e. The minimum atomic E-state index is -4.81. The maximum atomic E-state index is 12.0. The summed E-state index contributed by atoms with van der Waals surface area (Å²) in [6.45, 7) is 3.25. The van der Waals surface area contributed by atoms with Gasteiger partial charge in [-0.3, -0.25) is 4.79 Å². The van der Waals surface area contributed by atoms with Crippen molar-refractivity contribution in [1.82, 2.24) is 5.32 Å². The molecule has 1 unspecified atom stereocenters. The zero-order chi connectivity index (χ0) is 16.2. The molecule has 0 saturated carbocycles. The number of carbonyl (C=O) groups excluding carboxylic acids is 1. The zero-order valence-corrected chi connectivity index (χ0v) is 11.3. The maximum Gasteiger partial charge on any atom is 0.573 e. The molecule has 116 valence electrons. The molecule has 0 aromatic heterocycles. The van der Waals surface area contributed by atoms with E-state index in [0.717, 1.165) is 24.3 Å². The summed E-state index contributed by atoms with van der Waals surface area (Å²) < 4.78 is 39.6. The highest BCUT2D eigenvalue weighted by atomic mass is 19.4. The Kier molecular flexibility index (Phi) is 5.17. The van der Waals surface area contributed by atoms with Gasteiger partial charge in [-0.1, -0.05) is 13.8 Å². The highest BCUT2D eigenvalue weighted by Crippen LogP contribution is 2.22. The lowest BCUT2D eigenvalue weighted by molar-refractivity contribution is -0.274. The van der Waals surface area contributed by atoms with Gasteiger partial charge in [0.1, 0.15) is 11.8 Å². The quantitative estimate of drug-likeness (QED) is 0.876. The van der Waals surface area contributed by atoms with Gasteiger partial charge in [0.2, 0.25) is 0 Å². The topological polar surface area (TPSA) is 75.6 Å². The second kappa shape index (κ2) is 6.47. The van der Waals surface area contributed by atoms with Gasteiger partial charge < -0.3 is 15.2 Å². The van der Waals surface area contributed by atoms with Gasteiger partial charge in [0.05, 0.1) is 0 Å². The average molecular weight is 305 g/mol. The van der Waals surface area contributed by atoms with E-state index < -0.39 is 30.0 Å². The minimum absolute atomic E-state index is 0.0384. The van der Waals surface area contributed by atoms with E-state index in [1.807, 2.05) is 0 Å². The summed E-state index contributed by atoms with van der Waals surface area (Å²) in [6.07, 6.45) is -4.81. The van der Waals surface area contributed by atoms with Crippen LogP contribution in [0, 0.1) is 5.92 Å². The van der Waals surface area contributed by atoms with Crippen LogP contribution in [0.3, 0.4) is 0 Å². The number of halogens is 3. The Labute approximate surface area is 118 Å². The number of ether oxygens (including phenoxy) is 1. The molecule has 0 spiro atoms. The van der Waals surface area contributed by atoms with Gasteiger partial charge in [-0.2, -0.15) is 0 Å². The Balaban J connectivity index is 2.77. The molecule has 5 nitrogen and oxygen atoms in total. The molecule has 1 atom stereocenters. The Bertz CT molecular complexity index is 511. The summed E-state index contributed by atoms with van der Waals surface area (Å²) in [7, 11) is 0. The molecule has 0 fully saturated rings. The fraction of sp³-hybridized carbons (Fsp3) is 0.385. The fourth-order valence-electron chi connectivity index (χ4n) is 1.55. The van der Waals surface area contributed by atoms with Crippen LogP contribution in [0.25, 0.3) is 0 Å².